The van der Waals surface area contributed by atoms with Crippen molar-refractivity contribution in [2.24, 2.45) is 4.99 Å². The van der Waals surface area contributed by atoms with E-state index in [4.69, 9.17) is 16.3 Å². The predicted molar refractivity (Wildman–Crippen MR) is 132 cm³/mol. The first-order chi connectivity index (χ1) is 16.1. The molecular weight excluding hydrogens is 460 g/mol. The highest BCUT2D eigenvalue weighted by molar-refractivity contribution is 8.18. The highest BCUT2D eigenvalue weighted by Crippen LogP contribution is 2.32. The maximum atomic E-state index is 12.8. The number of morpholine rings is 1. The van der Waals surface area contributed by atoms with E-state index in [1.807, 2.05) is 30.3 Å². The fourth-order valence-corrected chi connectivity index (χ4v) is 4.61. The van der Waals surface area contributed by atoms with Crippen molar-refractivity contribution in [2.75, 3.05) is 31.6 Å². The summed E-state index contributed by atoms with van der Waals surface area (Å²) in [7, 11) is 0. The van der Waals surface area contributed by atoms with Gasteiger partial charge in [0.25, 0.3) is 11.8 Å². The Morgan fingerprint density at radius 1 is 1.15 bits per heavy atom. The average molecular weight is 479 g/mol. The van der Waals surface area contributed by atoms with Crippen LogP contribution in [-0.2, 0) is 9.53 Å². The molecule has 7 nitrogen and oxygen atoms in total. The zero-order valence-electron chi connectivity index (χ0n) is 17.5. The van der Waals surface area contributed by atoms with Crippen molar-refractivity contribution in [1.29, 1.82) is 0 Å². The van der Waals surface area contributed by atoms with Crippen LogP contribution in [0.3, 0.4) is 0 Å². The van der Waals surface area contributed by atoms with E-state index < -0.39 is 0 Å². The van der Waals surface area contributed by atoms with Crippen LogP contribution in [0.1, 0.15) is 15.9 Å². The van der Waals surface area contributed by atoms with Crippen molar-refractivity contribution in [3.05, 3.63) is 75.8 Å². The molecule has 1 saturated heterocycles. The fourth-order valence-electron chi connectivity index (χ4n) is 3.62. The summed E-state index contributed by atoms with van der Waals surface area (Å²) in [6.45, 7) is 2.17. The minimum atomic E-state index is -0.328. The summed E-state index contributed by atoms with van der Waals surface area (Å²) < 4.78 is 5.31. The number of pyridine rings is 1. The molecule has 3 aromatic rings. The number of hydrogen-bond donors (Lipinski definition) is 1. The van der Waals surface area contributed by atoms with E-state index in [0.717, 1.165) is 16.5 Å². The van der Waals surface area contributed by atoms with Gasteiger partial charge in [0.05, 0.1) is 34.3 Å². The molecule has 2 aliphatic heterocycles. The number of carbonyl (C=O) groups is 2. The van der Waals surface area contributed by atoms with Crippen molar-refractivity contribution in [1.82, 2.24) is 9.88 Å². The Labute approximate surface area is 199 Å². The highest BCUT2D eigenvalue weighted by Gasteiger charge is 2.24. The Kier molecular flexibility index (Phi) is 6.13. The van der Waals surface area contributed by atoms with Gasteiger partial charge in [-0.05, 0) is 59.8 Å². The number of carbonyl (C=O) groups excluding carboxylic acids is 2. The van der Waals surface area contributed by atoms with Crippen LogP contribution in [0.15, 0.2) is 64.6 Å². The number of thioether (sulfide) groups is 1. The topological polar surface area (TPSA) is 83.9 Å². The summed E-state index contributed by atoms with van der Waals surface area (Å²) in [5.41, 5.74) is 2.82. The number of hydrogen-bond acceptors (Lipinski definition) is 6. The van der Waals surface area contributed by atoms with Gasteiger partial charge >= 0.3 is 0 Å². The lowest BCUT2D eigenvalue weighted by molar-refractivity contribution is -0.113. The Bertz CT molecular complexity index is 1320. The fraction of sp³-hybridized carbons (Fsp3) is 0.167. The Morgan fingerprint density at radius 3 is 2.85 bits per heavy atom. The third-order valence-electron chi connectivity index (χ3n) is 5.30. The molecule has 0 unspecified atom stereocenters. The van der Waals surface area contributed by atoms with Gasteiger partial charge in [-0.25, -0.2) is 0 Å². The molecule has 1 aromatic heterocycles. The standard InChI is InChI=1S/C24H19ClN4O3S/c25-18-5-4-17(23(31)29-8-10-32-11-9-29)14-20(18)27-24-28-22(30)21(33-24)13-15-3-6-19-16(12-15)2-1-7-26-19/h1-7,12-14H,8-11H2,(H,27,28,30)/b21-13-. The molecule has 2 aromatic carbocycles. The van der Waals surface area contributed by atoms with E-state index in [-0.39, 0.29) is 11.8 Å². The molecule has 2 amide bonds. The van der Waals surface area contributed by atoms with Crippen LogP contribution in [0.4, 0.5) is 5.69 Å². The molecule has 0 aliphatic carbocycles. The van der Waals surface area contributed by atoms with E-state index in [2.05, 4.69) is 15.3 Å². The number of amides is 2. The minimum Gasteiger partial charge on any atom is -0.378 e. The molecule has 2 aliphatic rings. The molecule has 5 rings (SSSR count). The summed E-state index contributed by atoms with van der Waals surface area (Å²) in [6.07, 6.45) is 3.55. The lowest BCUT2D eigenvalue weighted by Crippen LogP contribution is -2.40. The average Bonchev–Trinajstić information content (AvgIpc) is 3.18. The van der Waals surface area contributed by atoms with Crippen molar-refractivity contribution in [2.45, 2.75) is 0 Å². The third kappa shape index (κ3) is 4.78. The van der Waals surface area contributed by atoms with Crippen molar-refractivity contribution in [3.8, 4) is 0 Å². The van der Waals surface area contributed by atoms with E-state index >= 15 is 0 Å². The van der Waals surface area contributed by atoms with E-state index in [1.165, 1.54) is 11.8 Å². The number of aliphatic imine (C=N–C) groups is 1. The summed E-state index contributed by atoms with van der Waals surface area (Å²) >= 11 is 7.58. The maximum absolute atomic E-state index is 12.8. The SMILES string of the molecule is O=C1N=C(Nc2cc(C(=O)N3CCOCC3)ccc2Cl)S/C1=C\c1ccc2ncccc2c1. The number of fused-ring (bicyclic) bond motifs is 1. The van der Waals surface area contributed by atoms with E-state index in [0.29, 0.717) is 52.6 Å². The van der Waals surface area contributed by atoms with Crippen LogP contribution in [-0.4, -0.2) is 53.2 Å². The van der Waals surface area contributed by atoms with Crippen LogP contribution in [0.5, 0.6) is 0 Å². The first-order valence-electron chi connectivity index (χ1n) is 10.4. The molecule has 1 N–H and O–H groups in total. The summed E-state index contributed by atoms with van der Waals surface area (Å²) in [5.74, 6) is -0.410. The molecule has 0 spiro atoms. The van der Waals surface area contributed by atoms with Gasteiger partial charge in [0.15, 0.2) is 5.17 Å². The number of amidine groups is 1. The lowest BCUT2D eigenvalue weighted by Gasteiger charge is -2.27. The van der Waals surface area contributed by atoms with Crippen molar-refractivity contribution < 1.29 is 14.3 Å². The number of aromatic nitrogens is 1. The second-order valence-corrected chi connectivity index (χ2v) is 8.95. The smallest absolute Gasteiger partial charge is 0.286 e. The molecular formula is C24H19ClN4O3S. The highest BCUT2D eigenvalue weighted by atomic mass is 35.5. The quantitative estimate of drug-likeness (QED) is 0.560. The molecule has 1 fully saturated rings. The van der Waals surface area contributed by atoms with Crippen LogP contribution in [0.25, 0.3) is 17.0 Å². The van der Waals surface area contributed by atoms with E-state index in [1.54, 1.807) is 35.4 Å². The summed E-state index contributed by atoms with van der Waals surface area (Å²) in [6, 6.07) is 14.7. The van der Waals surface area contributed by atoms with E-state index in [9.17, 15) is 9.59 Å². The number of anilines is 1. The Morgan fingerprint density at radius 2 is 2.00 bits per heavy atom. The molecule has 33 heavy (non-hydrogen) atoms. The van der Waals surface area contributed by atoms with Gasteiger partial charge in [-0.2, -0.15) is 4.99 Å². The number of benzene rings is 2. The second-order valence-electron chi connectivity index (χ2n) is 7.51. The van der Waals surface area contributed by atoms with Gasteiger partial charge in [-0.3, -0.25) is 14.6 Å². The molecule has 166 valence electrons. The monoisotopic (exact) mass is 478 g/mol. The normalized spacial score (nSPS) is 17.5. The number of nitrogens with zero attached hydrogens (tertiary/aromatic N) is 3. The maximum Gasteiger partial charge on any atom is 0.286 e. The number of ether oxygens (including phenoxy) is 1. The first-order valence-corrected chi connectivity index (χ1v) is 11.6. The third-order valence-corrected chi connectivity index (χ3v) is 6.53. The van der Waals surface area contributed by atoms with Crippen LogP contribution < -0.4 is 5.32 Å². The zero-order chi connectivity index (χ0) is 22.8. The molecule has 0 atom stereocenters. The minimum absolute atomic E-state index is 0.0820. The molecule has 0 radical (unpaired) electrons. The number of nitrogens with one attached hydrogen (secondary N) is 1. The largest absolute Gasteiger partial charge is 0.378 e. The first kappa shape index (κ1) is 21.6. The van der Waals surface area contributed by atoms with Gasteiger partial charge in [-0.15, -0.1) is 0 Å². The Balaban J connectivity index is 1.32. The zero-order valence-corrected chi connectivity index (χ0v) is 19.0. The molecule has 0 saturated carbocycles. The van der Waals surface area contributed by atoms with Gasteiger partial charge < -0.3 is 15.0 Å². The second kappa shape index (κ2) is 9.35. The predicted octanol–water partition coefficient (Wildman–Crippen LogP) is 4.44. The van der Waals surface area contributed by atoms with Crippen LogP contribution in [0, 0.1) is 0 Å². The van der Waals surface area contributed by atoms with Gasteiger partial charge in [0, 0.05) is 30.2 Å². The van der Waals surface area contributed by atoms with Gasteiger partial charge in [0.2, 0.25) is 0 Å². The van der Waals surface area contributed by atoms with Gasteiger partial charge in [0.1, 0.15) is 0 Å². The lowest BCUT2D eigenvalue weighted by atomic mass is 10.1. The van der Waals surface area contributed by atoms with Crippen molar-refractivity contribution >= 4 is 63.0 Å². The molecule has 0 bridgehead atoms. The number of halogens is 1. The molecule has 3 heterocycles. The van der Waals surface area contributed by atoms with Gasteiger partial charge in [-0.1, -0.05) is 23.7 Å². The number of rotatable bonds is 3. The summed E-state index contributed by atoms with van der Waals surface area (Å²) in [5, 5.41) is 4.94. The molecule has 9 heteroatoms. The van der Waals surface area contributed by atoms with Crippen molar-refractivity contribution in [3.63, 3.8) is 0 Å². The summed E-state index contributed by atoms with van der Waals surface area (Å²) in [4.78, 5) is 35.9. The van der Waals surface area contributed by atoms with Crippen LogP contribution in [0.2, 0.25) is 5.02 Å². The van der Waals surface area contributed by atoms with Crippen LogP contribution >= 0.6 is 23.4 Å². The Hall–Kier alpha value is -3.20.